The molecule has 2 aliphatic rings. The van der Waals surface area contributed by atoms with E-state index in [1.54, 1.807) is 0 Å². The molecule has 0 unspecified atom stereocenters. The molecule has 2 aliphatic carbocycles. The van der Waals surface area contributed by atoms with E-state index in [1.165, 1.54) is 66.9 Å². The molecule has 2 nitrogen and oxygen atoms in total. The van der Waals surface area contributed by atoms with Crippen LogP contribution in [0.2, 0.25) is 0 Å². The summed E-state index contributed by atoms with van der Waals surface area (Å²) < 4.78 is 0. The molecule has 0 aliphatic heterocycles. The molecule has 10 rings (SSSR count). The number of nitrogens with one attached hydrogen (secondary N) is 1. The smallest absolute Gasteiger partial charge is 0.0726 e. The van der Waals surface area contributed by atoms with E-state index in [9.17, 15) is 0 Å². The fraction of sp³-hybridized carbons (Fsp3) is 0.0400. The Balaban J connectivity index is 1.15. The van der Waals surface area contributed by atoms with Gasteiger partial charge in [-0.3, -0.25) is 0 Å². The SMILES string of the molecule is Cc1cc(Nc2ccc(-c3ccccc3)cc2)cc(N(c2ccccc2)c2cccc3c2-c2ccccc2C32c3ccccc3-c3ccccc32)c1. The highest BCUT2D eigenvalue weighted by atomic mass is 15.1. The number of anilines is 5. The minimum absolute atomic E-state index is 0.400. The Morgan fingerprint density at radius 2 is 0.942 bits per heavy atom. The van der Waals surface area contributed by atoms with Crippen LogP contribution in [0.3, 0.4) is 0 Å². The number of nitrogens with zero attached hydrogens (tertiary/aromatic N) is 1. The fourth-order valence-corrected chi connectivity index (χ4v) is 8.82. The van der Waals surface area contributed by atoms with Gasteiger partial charge in [-0.05, 0) is 111 Å². The van der Waals surface area contributed by atoms with Crippen LogP contribution >= 0.6 is 0 Å². The monoisotopic (exact) mass is 664 g/mol. The molecule has 0 aromatic heterocycles. The fourth-order valence-electron chi connectivity index (χ4n) is 8.82. The summed E-state index contributed by atoms with van der Waals surface area (Å²) in [5.74, 6) is 0. The Labute approximate surface area is 305 Å². The van der Waals surface area contributed by atoms with Gasteiger partial charge in [0, 0.05) is 28.3 Å². The molecule has 0 saturated heterocycles. The van der Waals surface area contributed by atoms with Crippen molar-refractivity contribution in [3.63, 3.8) is 0 Å². The molecule has 0 atom stereocenters. The summed E-state index contributed by atoms with van der Waals surface area (Å²) >= 11 is 0. The highest BCUT2D eigenvalue weighted by molar-refractivity contribution is 6.01. The van der Waals surface area contributed by atoms with Crippen LogP contribution in [0.1, 0.15) is 27.8 Å². The summed E-state index contributed by atoms with van der Waals surface area (Å²) in [5.41, 5.74) is 19.3. The first-order chi connectivity index (χ1) is 25.7. The van der Waals surface area contributed by atoms with Crippen LogP contribution in [0.25, 0.3) is 33.4 Å². The first kappa shape index (κ1) is 30.2. The van der Waals surface area contributed by atoms with Crippen molar-refractivity contribution in [2.24, 2.45) is 0 Å². The largest absolute Gasteiger partial charge is 0.355 e. The maximum absolute atomic E-state index is 3.72. The van der Waals surface area contributed by atoms with Gasteiger partial charge in [-0.15, -0.1) is 0 Å². The molecule has 1 N–H and O–H groups in total. The Morgan fingerprint density at radius 3 is 1.62 bits per heavy atom. The van der Waals surface area contributed by atoms with Gasteiger partial charge in [0.25, 0.3) is 0 Å². The number of fused-ring (bicyclic) bond motifs is 10. The lowest BCUT2D eigenvalue weighted by Crippen LogP contribution is -2.26. The molecule has 0 saturated carbocycles. The van der Waals surface area contributed by atoms with E-state index >= 15 is 0 Å². The van der Waals surface area contributed by atoms with Crippen molar-refractivity contribution in [1.29, 1.82) is 0 Å². The number of hydrogen-bond donors (Lipinski definition) is 1. The number of para-hydroxylation sites is 1. The molecule has 0 heterocycles. The van der Waals surface area contributed by atoms with Crippen molar-refractivity contribution in [2.45, 2.75) is 12.3 Å². The predicted octanol–water partition coefficient (Wildman–Crippen LogP) is 13.2. The molecule has 1 spiro atoms. The Hall–Kier alpha value is -6.64. The van der Waals surface area contributed by atoms with Crippen molar-refractivity contribution >= 4 is 28.4 Å². The zero-order chi connectivity index (χ0) is 34.6. The molecule has 8 aromatic rings. The van der Waals surface area contributed by atoms with Gasteiger partial charge in [-0.25, -0.2) is 0 Å². The van der Waals surface area contributed by atoms with E-state index in [2.05, 4.69) is 211 Å². The minimum atomic E-state index is -0.400. The third-order valence-electron chi connectivity index (χ3n) is 10.9. The van der Waals surface area contributed by atoms with Crippen LogP contribution in [0.15, 0.2) is 194 Å². The molecule has 0 fully saturated rings. The van der Waals surface area contributed by atoms with Gasteiger partial charge in [0.15, 0.2) is 0 Å². The van der Waals surface area contributed by atoms with Gasteiger partial charge in [0.2, 0.25) is 0 Å². The van der Waals surface area contributed by atoms with Crippen molar-refractivity contribution in [2.75, 3.05) is 10.2 Å². The molecule has 0 bridgehead atoms. The maximum Gasteiger partial charge on any atom is 0.0726 e. The van der Waals surface area contributed by atoms with Crippen molar-refractivity contribution in [1.82, 2.24) is 0 Å². The van der Waals surface area contributed by atoms with Crippen molar-refractivity contribution in [3.05, 3.63) is 222 Å². The van der Waals surface area contributed by atoms with E-state index < -0.39 is 5.41 Å². The van der Waals surface area contributed by atoms with Gasteiger partial charge < -0.3 is 10.2 Å². The summed E-state index contributed by atoms with van der Waals surface area (Å²) in [6.07, 6.45) is 0. The normalized spacial score (nSPS) is 12.9. The first-order valence-electron chi connectivity index (χ1n) is 18.0. The van der Waals surface area contributed by atoms with Crippen LogP contribution in [0, 0.1) is 6.92 Å². The van der Waals surface area contributed by atoms with E-state index in [0.717, 1.165) is 22.7 Å². The highest BCUT2D eigenvalue weighted by Crippen LogP contribution is 2.64. The van der Waals surface area contributed by atoms with Gasteiger partial charge in [0.1, 0.15) is 0 Å². The lowest BCUT2D eigenvalue weighted by Gasteiger charge is -2.32. The molecule has 2 heteroatoms. The molecule has 0 radical (unpaired) electrons. The summed E-state index contributed by atoms with van der Waals surface area (Å²) in [5, 5.41) is 3.72. The quantitative estimate of drug-likeness (QED) is 0.190. The van der Waals surface area contributed by atoms with Crippen LogP contribution in [-0.4, -0.2) is 0 Å². The van der Waals surface area contributed by atoms with E-state index in [4.69, 9.17) is 0 Å². The Kier molecular flexibility index (Phi) is 6.97. The number of rotatable bonds is 6. The second-order valence-corrected chi connectivity index (χ2v) is 13.9. The lowest BCUT2D eigenvalue weighted by atomic mass is 9.70. The summed E-state index contributed by atoms with van der Waals surface area (Å²) in [6.45, 7) is 2.18. The Bertz CT molecular complexity index is 2560. The van der Waals surface area contributed by atoms with Gasteiger partial charge >= 0.3 is 0 Å². The third kappa shape index (κ3) is 4.58. The second kappa shape index (κ2) is 12.0. The predicted molar refractivity (Wildman–Crippen MR) is 217 cm³/mol. The average molecular weight is 665 g/mol. The zero-order valence-corrected chi connectivity index (χ0v) is 28.9. The van der Waals surface area contributed by atoms with Crippen LogP contribution in [-0.2, 0) is 5.41 Å². The van der Waals surface area contributed by atoms with Crippen molar-refractivity contribution in [3.8, 4) is 33.4 Å². The molecule has 0 amide bonds. The van der Waals surface area contributed by atoms with E-state index in [0.29, 0.717) is 0 Å². The van der Waals surface area contributed by atoms with Gasteiger partial charge in [-0.2, -0.15) is 0 Å². The molecule has 246 valence electrons. The molecular formula is C50H36N2. The third-order valence-corrected chi connectivity index (χ3v) is 10.9. The lowest BCUT2D eigenvalue weighted by molar-refractivity contribution is 0.794. The van der Waals surface area contributed by atoms with Crippen LogP contribution in [0.5, 0.6) is 0 Å². The second-order valence-electron chi connectivity index (χ2n) is 13.9. The highest BCUT2D eigenvalue weighted by Gasteiger charge is 2.52. The molecular weight excluding hydrogens is 629 g/mol. The van der Waals surface area contributed by atoms with E-state index in [-0.39, 0.29) is 0 Å². The van der Waals surface area contributed by atoms with Crippen molar-refractivity contribution < 1.29 is 0 Å². The average Bonchev–Trinajstić information content (AvgIpc) is 3.67. The van der Waals surface area contributed by atoms with E-state index in [1.807, 2.05) is 0 Å². The van der Waals surface area contributed by atoms with Crippen LogP contribution in [0.4, 0.5) is 28.4 Å². The number of benzene rings is 8. The van der Waals surface area contributed by atoms with Crippen LogP contribution < -0.4 is 10.2 Å². The van der Waals surface area contributed by atoms with Gasteiger partial charge in [-0.1, -0.05) is 146 Å². The summed E-state index contributed by atoms with van der Waals surface area (Å²) in [6, 6.07) is 70.8. The number of hydrogen-bond acceptors (Lipinski definition) is 2. The van der Waals surface area contributed by atoms with Gasteiger partial charge in [0.05, 0.1) is 11.1 Å². The minimum Gasteiger partial charge on any atom is -0.355 e. The number of aryl methyl sites for hydroxylation is 1. The maximum atomic E-state index is 3.72. The summed E-state index contributed by atoms with van der Waals surface area (Å²) in [7, 11) is 0. The molecule has 8 aromatic carbocycles. The molecule has 52 heavy (non-hydrogen) atoms. The first-order valence-corrected chi connectivity index (χ1v) is 18.0. The standard InChI is InChI=1S/C50H36N2/c1-34-31-38(51-37-29-27-36(28-30-37)35-15-4-2-5-16-35)33-40(32-34)52(39-17-6-3-7-18-39)48-26-14-25-47-49(48)43-21-10-13-24-46(43)50(47)44-22-11-8-19-41(44)42-20-9-12-23-45(42)50/h2-33,51H,1H3. The topological polar surface area (TPSA) is 15.3 Å². The zero-order valence-electron chi connectivity index (χ0n) is 28.9. The Morgan fingerprint density at radius 1 is 0.404 bits per heavy atom. The summed E-state index contributed by atoms with van der Waals surface area (Å²) in [4.78, 5) is 2.44.